The molecule has 0 aromatic heterocycles. The first-order chi connectivity index (χ1) is 12.7. The molecule has 1 N–H and O–H groups in total. The topological polar surface area (TPSA) is 47.6 Å². The Balaban J connectivity index is 1.39. The molecule has 2 aliphatic rings. The van der Waals surface area contributed by atoms with Gasteiger partial charge in [0.1, 0.15) is 19.0 Å². The summed E-state index contributed by atoms with van der Waals surface area (Å²) >= 11 is 0. The van der Waals surface area contributed by atoms with Gasteiger partial charge in [-0.15, -0.1) is 0 Å². The molecule has 1 aliphatic carbocycles. The van der Waals surface area contributed by atoms with E-state index < -0.39 is 5.82 Å². The Bertz CT molecular complexity index is 804. The van der Waals surface area contributed by atoms with Gasteiger partial charge in [-0.05, 0) is 67.0 Å². The quantitative estimate of drug-likeness (QED) is 0.855. The van der Waals surface area contributed by atoms with Crippen LogP contribution in [0.15, 0.2) is 42.5 Å². The SMILES string of the molecule is O=C(NCCC(c1ccc2c(c1)OCCO2)C1CC1)c1cccc(F)c1. The van der Waals surface area contributed by atoms with Crippen LogP contribution in [0.1, 0.15) is 41.1 Å². The van der Waals surface area contributed by atoms with Gasteiger partial charge in [0.25, 0.3) is 5.91 Å². The third kappa shape index (κ3) is 3.82. The summed E-state index contributed by atoms with van der Waals surface area (Å²) in [5, 5.41) is 2.91. The molecule has 136 valence electrons. The third-order valence-electron chi connectivity index (χ3n) is 5.01. The molecular weight excluding hydrogens is 333 g/mol. The fourth-order valence-corrected chi connectivity index (χ4v) is 3.54. The van der Waals surface area contributed by atoms with E-state index in [0.717, 1.165) is 17.9 Å². The Morgan fingerprint density at radius 2 is 1.92 bits per heavy atom. The lowest BCUT2D eigenvalue weighted by Gasteiger charge is -2.22. The molecule has 0 spiro atoms. The number of rotatable bonds is 6. The summed E-state index contributed by atoms with van der Waals surface area (Å²) in [5.74, 6) is 2.02. The first-order valence-electron chi connectivity index (χ1n) is 9.14. The minimum absolute atomic E-state index is 0.235. The minimum Gasteiger partial charge on any atom is -0.486 e. The highest BCUT2D eigenvalue weighted by Crippen LogP contribution is 2.46. The van der Waals surface area contributed by atoms with Crippen LogP contribution in [0.3, 0.4) is 0 Å². The monoisotopic (exact) mass is 355 g/mol. The van der Waals surface area contributed by atoms with E-state index >= 15 is 0 Å². The fraction of sp³-hybridized carbons (Fsp3) is 0.381. The van der Waals surface area contributed by atoms with E-state index in [0.29, 0.717) is 37.2 Å². The van der Waals surface area contributed by atoms with Gasteiger partial charge in [0.2, 0.25) is 0 Å². The van der Waals surface area contributed by atoms with Crippen molar-refractivity contribution in [3.63, 3.8) is 0 Å². The third-order valence-corrected chi connectivity index (χ3v) is 5.01. The molecule has 2 aromatic carbocycles. The van der Waals surface area contributed by atoms with Gasteiger partial charge < -0.3 is 14.8 Å². The molecule has 0 bridgehead atoms. The predicted octanol–water partition coefficient (Wildman–Crippen LogP) is 3.91. The fourth-order valence-electron chi connectivity index (χ4n) is 3.54. The van der Waals surface area contributed by atoms with E-state index in [1.165, 1.54) is 30.5 Å². The van der Waals surface area contributed by atoms with Gasteiger partial charge in [-0.1, -0.05) is 12.1 Å². The Kier molecular flexibility index (Phi) is 4.78. The molecule has 4 rings (SSSR count). The number of hydrogen-bond donors (Lipinski definition) is 1. The summed E-state index contributed by atoms with van der Waals surface area (Å²) in [6.45, 7) is 1.73. The van der Waals surface area contributed by atoms with Crippen LogP contribution in [0.2, 0.25) is 0 Å². The average Bonchev–Trinajstić information content (AvgIpc) is 3.50. The van der Waals surface area contributed by atoms with Crippen LogP contribution in [-0.4, -0.2) is 25.7 Å². The number of hydrogen-bond acceptors (Lipinski definition) is 3. The number of amides is 1. The van der Waals surface area contributed by atoms with Crippen molar-refractivity contribution in [2.45, 2.75) is 25.2 Å². The molecule has 26 heavy (non-hydrogen) atoms. The summed E-state index contributed by atoms with van der Waals surface area (Å²) in [5.41, 5.74) is 1.59. The van der Waals surface area contributed by atoms with Crippen LogP contribution < -0.4 is 14.8 Å². The summed E-state index contributed by atoms with van der Waals surface area (Å²) < 4.78 is 24.5. The minimum atomic E-state index is -0.398. The van der Waals surface area contributed by atoms with Gasteiger partial charge in [-0.2, -0.15) is 0 Å². The summed E-state index contributed by atoms with van der Waals surface area (Å²) in [7, 11) is 0. The van der Waals surface area contributed by atoms with Crippen LogP contribution in [0.25, 0.3) is 0 Å². The smallest absolute Gasteiger partial charge is 0.251 e. The van der Waals surface area contributed by atoms with Crippen molar-refractivity contribution in [2.24, 2.45) is 5.92 Å². The zero-order valence-electron chi connectivity index (χ0n) is 14.5. The van der Waals surface area contributed by atoms with E-state index in [-0.39, 0.29) is 5.91 Å². The molecule has 1 amide bonds. The molecule has 1 aliphatic heterocycles. The van der Waals surface area contributed by atoms with E-state index in [4.69, 9.17) is 9.47 Å². The Hall–Kier alpha value is -2.56. The first kappa shape index (κ1) is 16.9. The maximum Gasteiger partial charge on any atom is 0.251 e. The second kappa shape index (κ2) is 7.36. The van der Waals surface area contributed by atoms with Gasteiger partial charge in [0.05, 0.1) is 0 Å². The van der Waals surface area contributed by atoms with Crippen molar-refractivity contribution in [1.29, 1.82) is 0 Å². The number of ether oxygens (including phenoxy) is 2. The van der Waals surface area contributed by atoms with Crippen LogP contribution in [-0.2, 0) is 0 Å². The van der Waals surface area contributed by atoms with Gasteiger partial charge in [0.15, 0.2) is 11.5 Å². The van der Waals surface area contributed by atoms with Crippen molar-refractivity contribution >= 4 is 5.91 Å². The largest absolute Gasteiger partial charge is 0.486 e. The van der Waals surface area contributed by atoms with Crippen LogP contribution in [0.4, 0.5) is 4.39 Å². The highest BCUT2D eigenvalue weighted by atomic mass is 19.1. The lowest BCUT2D eigenvalue weighted by molar-refractivity contribution is 0.0951. The summed E-state index contributed by atoms with van der Waals surface area (Å²) in [6, 6.07) is 11.9. The number of carbonyl (C=O) groups excluding carboxylic acids is 1. The molecule has 1 atom stereocenters. The number of halogens is 1. The number of nitrogens with one attached hydrogen (secondary N) is 1. The average molecular weight is 355 g/mol. The molecule has 4 nitrogen and oxygen atoms in total. The van der Waals surface area contributed by atoms with Gasteiger partial charge in [0, 0.05) is 12.1 Å². The van der Waals surface area contributed by atoms with Crippen LogP contribution in [0.5, 0.6) is 11.5 Å². The van der Waals surface area contributed by atoms with Gasteiger partial charge in [-0.3, -0.25) is 4.79 Å². The van der Waals surface area contributed by atoms with Gasteiger partial charge in [-0.25, -0.2) is 4.39 Å². The van der Waals surface area contributed by atoms with E-state index in [1.54, 1.807) is 12.1 Å². The van der Waals surface area contributed by atoms with Crippen LogP contribution in [0, 0.1) is 11.7 Å². The standard InChI is InChI=1S/C21H22FNO3/c22-17-3-1-2-16(12-17)21(24)23-9-8-18(14-4-5-14)15-6-7-19-20(13-15)26-11-10-25-19/h1-3,6-7,12-14,18H,4-5,8-11H2,(H,23,24). The Labute approximate surface area is 152 Å². The molecule has 1 saturated carbocycles. The van der Waals surface area contributed by atoms with E-state index in [9.17, 15) is 9.18 Å². The second-order valence-electron chi connectivity index (χ2n) is 6.90. The lowest BCUT2D eigenvalue weighted by Crippen LogP contribution is -2.26. The van der Waals surface area contributed by atoms with Gasteiger partial charge >= 0.3 is 0 Å². The molecular formula is C21H22FNO3. The molecule has 5 heteroatoms. The number of fused-ring (bicyclic) bond motifs is 1. The Morgan fingerprint density at radius 1 is 1.12 bits per heavy atom. The predicted molar refractivity (Wildman–Crippen MR) is 96.2 cm³/mol. The Morgan fingerprint density at radius 3 is 2.69 bits per heavy atom. The number of benzene rings is 2. The highest BCUT2D eigenvalue weighted by molar-refractivity contribution is 5.94. The normalized spacial score (nSPS) is 16.8. The maximum atomic E-state index is 13.2. The molecule has 1 fully saturated rings. The summed E-state index contributed by atoms with van der Waals surface area (Å²) in [6.07, 6.45) is 3.29. The highest BCUT2D eigenvalue weighted by Gasteiger charge is 2.32. The zero-order valence-corrected chi connectivity index (χ0v) is 14.5. The van der Waals surface area contributed by atoms with Crippen molar-refractivity contribution in [3.8, 4) is 11.5 Å². The van der Waals surface area contributed by atoms with Crippen molar-refractivity contribution < 1.29 is 18.7 Å². The molecule has 2 aromatic rings. The second-order valence-corrected chi connectivity index (χ2v) is 6.90. The van der Waals surface area contributed by atoms with E-state index in [1.807, 2.05) is 6.07 Å². The van der Waals surface area contributed by atoms with E-state index in [2.05, 4.69) is 17.4 Å². The van der Waals surface area contributed by atoms with Crippen molar-refractivity contribution in [2.75, 3.05) is 19.8 Å². The maximum absolute atomic E-state index is 13.2. The lowest BCUT2D eigenvalue weighted by atomic mass is 9.90. The molecule has 1 heterocycles. The molecule has 1 unspecified atom stereocenters. The molecule has 0 saturated heterocycles. The van der Waals surface area contributed by atoms with Crippen LogP contribution >= 0.6 is 0 Å². The van der Waals surface area contributed by atoms with Crippen molar-refractivity contribution in [1.82, 2.24) is 5.32 Å². The number of carbonyl (C=O) groups is 1. The van der Waals surface area contributed by atoms with Crippen molar-refractivity contribution in [3.05, 3.63) is 59.4 Å². The molecule has 0 radical (unpaired) electrons. The first-order valence-corrected chi connectivity index (χ1v) is 9.14. The summed E-state index contributed by atoms with van der Waals surface area (Å²) in [4.78, 5) is 12.2. The zero-order chi connectivity index (χ0) is 17.9.